The third kappa shape index (κ3) is 5.23. The summed E-state index contributed by atoms with van der Waals surface area (Å²) >= 11 is 0. The molecule has 0 fully saturated rings. The Morgan fingerprint density at radius 1 is 1.09 bits per heavy atom. The van der Waals surface area contributed by atoms with Crippen molar-refractivity contribution in [1.82, 2.24) is 15.3 Å². The molecule has 0 aliphatic carbocycles. The van der Waals surface area contributed by atoms with Gasteiger partial charge in [0.25, 0.3) is 0 Å². The lowest BCUT2D eigenvalue weighted by atomic mass is 10.0. The number of H-pyrrole nitrogens is 1. The van der Waals surface area contributed by atoms with Gasteiger partial charge in [-0.25, -0.2) is 14.6 Å². The Hall–Kier alpha value is -4.07. The Bertz CT molecular complexity index is 1250. The third-order valence-corrected chi connectivity index (χ3v) is 5.18. The second-order valence-electron chi connectivity index (χ2n) is 7.50. The molecular formula is C25H25N3O5. The van der Waals surface area contributed by atoms with Crippen molar-refractivity contribution in [1.29, 1.82) is 0 Å². The molecule has 0 aliphatic heterocycles. The van der Waals surface area contributed by atoms with Crippen molar-refractivity contribution in [3.63, 3.8) is 0 Å². The lowest BCUT2D eigenvalue weighted by Gasteiger charge is -2.15. The number of oxazole rings is 1. The van der Waals surface area contributed by atoms with Crippen LogP contribution in [0.1, 0.15) is 46.2 Å². The van der Waals surface area contributed by atoms with Crippen LogP contribution in [0.3, 0.4) is 0 Å². The summed E-state index contributed by atoms with van der Waals surface area (Å²) in [6, 6.07) is 16.6. The van der Waals surface area contributed by atoms with E-state index in [-0.39, 0.29) is 24.8 Å². The first-order valence-electron chi connectivity index (χ1n) is 10.7. The average molecular weight is 447 g/mol. The molecule has 2 N–H and O–H groups in total. The molecule has 0 saturated carbocycles. The molecule has 0 spiro atoms. The monoisotopic (exact) mass is 447 g/mol. The first-order valence-corrected chi connectivity index (χ1v) is 10.7. The van der Waals surface area contributed by atoms with Crippen LogP contribution < -0.4 is 5.32 Å². The van der Waals surface area contributed by atoms with E-state index in [1.807, 2.05) is 60.8 Å². The Kier molecular flexibility index (Phi) is 6.73. The van der Waals surface area contributed by atoms with Gasteiger partial charge >= 0.3 is 12.1 Å². The minimum Gasteiger partial charge on any atom is -0.461 e. The molecule has 2 heterocycles. The summed E-state index contributed by atoms with van der Waals surface area (Å²) < 4.78 is 16.2. The van der Waals surface area contributed by atoms with Gasteiger partial charge in [0, 0.05) is 23.5 Å². The zero-order valence-corrected chi connectivity index (χ0v) is 18.5. The number of para-hydroxylation sites is 1. The standard InChI is InChI=1S/C25H25N3O5/c1-3-31-24(29)22-16(2)33-23(28-22)21(13-18-14-26-20-12-8-7-11-19(18)20)27-25(30)32-15-17-9-5-4-6-10-17/h4-12,14,21,26H,3,13,15H2,1-2H3,(H,27,30)/t21-/m1/s1. The number of rotatable bonds is 8. The lowest BCUT2D eigenvalue weighted by molar-refractivity contribution is 0.0518. The molecule has 33 heavy (non-hydrogen) atoms. The van der Waals surface area contributed by atoms with E-state index in [9.17, 15) is 9.59 Å². The van der Waals surface area contributed by atoms with Crippen LogP contribution in [0.4, 0.5) is 4.79 Å². The highest BCUT2D eigenvalue weighted by molar-refractivity contribution is 5.88. The Labute approximate surface area is 190 Å². The van der Waals surface area contributed by atoms with E-state index in [1.165, 1.54) is 0 Å². The molecule has 0 bridgehead atoms. The van der Waals surface area contributed by atoms with E-state index in [2.05, 4.69) is 15.3 Å². The van der Waals surface area contributed by atoms with Gasteiger partial charge in [-0.1, -0.05) is 48.5 Å². The first-order chi connectivity index (χ1) is 16.0. The molecule has 170 valence electrons. The largest absolute Gasteiger partial charge is 0.461 e. The zero-order chi connectivity index (χ0) is 23.2. The second-order valence-corrected chi connectivity index (χ2v) is 7.50. The number of aryl methyl sites for hydroxylation is 1. The van der Waals surface area contributed by atoms with Gasteiger partial charge in [0.1, 0.15) is 18.4 Å². The Morgan fingerprint density at radius 2 is 1.85 bits per heavy atom. The number of alkyl carbamates (subject to hydrolysis) is 1. The van der Waals surface area contributed by atoms with E-state index < -0.39 is 18.1 Å². The van der Waals surface area contributed by atoms with Gasteiger partial charge in [-0.05, 0) is 31.0 Å². The number of carbonyl (C=O) groups is 2. The van der Waals surface area contributed by atoms with Crippen molar-refractivity contribution in [3.05, 3.63) is 89.3 Å². The molecule has 0 radical (unpaired) electrons. The van der Waals surface area contributed by atoms with Gasteiger partial charge in [-0.15, -0.1) is 0 Å². The smallest absolute Gasteiger partial charge is 0.408 e. The Morgan fingerprint density at radius 3 is 2.64 bits per heavy atom. The molecule has 4 rings (SSSR count). The van der Waals surface area contributed by atoms with Crippen LogP contribution in [0.2, 0.25) is 0 Å². The molecule has 0 aliphatic rings. The number of aromatic amines is 1. The summed E-state index contributed by atoms with van der Waals surface area (Å²) in [5.74, 6) is -0.0353. The number of benzene rings is 2. The summed E-state index contributed by atoms with van der Waals surface area (Å²) in [6.07, 6.45) is 1.65. The normalized spacial score (nSPS) is 11.8. The van der Waals surface area contributed by atoms with Crippen molar-refractivity contribution < 1.29 is 23.5 Å². The quantitative estimate of drug-likeness (QED) is 0.374. The van der Waals surface area contributed by atoms with E-state index in [0.717, 1.165) is 22.0 Å². The predicted octanol–water partition coefficient (Wildman–Crippen LogP) is 4.85. The fraction of sp³-hybridized carbons (Fsp3) is 0.240. The van der Waals surface area contributed by atoms with Crippen LogP contribution in [-0.2, 0) is 22.5 Å². The summed E-state index contributed by atoms with van der Waals surface area (Å²) in [5.41, 5.74) is 2.91. The van der Waals surface area contributed by atoms with Gasteiger partial charge in [0.15, 0.2) is 5.69 Å². The molecule has 2 aromatic carbocycles. The molecule has 1 amide bonds. The van der Waals surface area contributed by atoms with Gasteiger partial charge < -0.3 is 24.2 Å². The first kappa shape index (κ1) is 22.1. The molecule has 0 saturated heterocycles. The highest BCUT2D eigenvalue weighted by atomic mass is 16.5. The SMILES string of the molecule is CCOC(=O)c1nc([C@@H](Cc2c[nH]c3ccccc23)NC(=O)OCc2ccccc2)oc1C. The van der Waals surface area contributed by atoms with Crippen LogP contribution in [0.25, 0.3) is 10.9 Å². The molecule has 8 nitrogen and oxygen atoms in total. The zero-order valence-electron chi connectivity index (χ0n) is 18.5. The molecular weight excluding hydrogens is 422 g/mol. The van der Waals surface area contributed by atoms with Crippen molar-refractivity contribution in [2.24, 2.45) is 0 Å². The number of nitrogens with one attached hydrogen (secondary N) is 2. The van der Waals surface area contributed by atoms with Crippen LogP contribution in [-0.4, -0.2) is 28.6 Å². The molecule has 0 unspecified atom stereocenters. The number of hydrogen-bond donors (Lipinski definition) is 2. The number of hydrogen-bond acceptors (Lipinski definition) is 6. The molecule has 1 atom stereocenters. The minimum absolute atomic E-state index is 0.0928. The fourth-order valence-corrected chi connectivity index (χ4v) is 3.58. The van der Waals surface area contributed by atoms with Gasteiger partial charge in [-0.2, -0.15) is 0 Å². The second kappa shape index (κ2) is 10.0. The summed E-state index contributed by atoms with van der Waals surface area (Å²) in [5, 5.41) is 3.86. The van der Waals surface area contributed by atoms with Gasteiger partial charge in [0.2, 0.25) is 5.89 Å². The predicted molar refractivity (Wildman–Crippen MR) is 122 cm³/mol. The Balaban J connectivity index is 1.57. The van der Waals surface area contributed by atoms with Crippen molar-refractivity contribution in [2.75, 3.05) is 6.61 Å². The van der Waals surface area contributed by atoms with E-state index in [0.29, 0.717) is 12.2 Å². The average Bonchev–Trinajstić information content (AvgIpc) is 3.42. The van der Waals surface area contributed by atoms with Crippen molar-refractivity contribution in [3.8, 4) is 0 Å². The summed E-state index contributed by atoms with van der Waals surface area (Å²) in [7, 11) is 0. The van der Waals surface area contributed by atoms with E-state index in [1.54, 1.807) is 13.8 Å². The van der Waals surface area contributed by atoms with E-state index in [4.69, 9.17) is 13.9 Å². The number of nitrogens with zero attached hydrogens (tertiary/aromatic N) is 1. The number of carbonyl (C=O) groups excluding carboxylic acids is 2. The third-order valence-electron chi connectivity index (χ3n) is 5.18. The van der Waals surface area contributed by atoms with Crippen LogP contribution in [0.15, 0.2) is 65.2 Å². The summed E-state index contributed by atoms with van der Waals surface area (Å²) in [6.45, 7) is 3.71. The summed E-state index contributed by atoms with van der Waals surface area (Å²) in [4.78, 5) is 32.4. The molecule has 4 aromatic rings. The maximum atomic E-state index is 12.6. The van der Waals surface area contributed by atoms with Crippen LogP contribution in [0.5, 0.6) is 0 Å². The van der Waals surface area contributed by atoms with Gasteiger partial charge in [-0.3, -0.25) is 0 Å². The van der Waals surface area contributed by atoms with Crippen molar-refractivity contribution >= 4 is 23.0 Å². The highest BCUT2D eigenvalue weighted by Crippen LogP contribution is 2.26. The number of esters is 1. The number of fused-ring (bicyclic) bond motifs is 1. The van der Waals surface area contributed by atoms with Crippen LogP contribution >= 0.6 is 0 Å². The maximum absolute atomic E-state index is 12.6. The minimum atomic E-state index is -0.658. The van der Waals surface area contributed by atoms with Crippen LogP contribution in [0, 0.1) is 6.92 Å². The number of amides is 1. The topological polar surface area (TPSA) is 106 Å². The maximum Gasteiger partial charge on any atom is 0.408 e. The van der Waals surface area contributed by atoms with Gasteiger partial charge in [0.05, 0.1) is 6.61 Å². The number of aromatic nitrogens is 2. The number of ether oxygens (including phenoxy) is 2. The van der Waals surface area contributed by atoms with Crippen molar-refractivity contribution in [2.45, 2.75) is 32.9 Å². The van der Waals surface area contributed by atoms with E-state index >= 15 is 0 Å². The molecule has 8 heteroatoms. The fourth-order valence-electron chi connectivity index (χ4n) is 3.58. The lowest BCUT2D eigenvalue weighted by Crippen LogP contribution is -2.30. The molecule has 2 aromatic heterocycles. The highest BCUT2D eigenvalue weighted by Gasteiger charge is 2.26.